The monoisotopic (exact) mass is 425 g/mol. The summed E-state index contributed by atoms with van der Waals surface area (Å²) in [5, 5.41) is 9.72. The lowest BCUT2D eigenvalue weighted by Gasteiger charge is -2.31. The Morgan fingerprint density at radius 3 is 2.57 bits per heavy atom. The first-order valence-corrected chi connectivity index (χ1v) is 10.3. The van der Waals surface area contributed by atoms with Crippen molar-refractivity contribution < 1.29 is 14.3 Å². The second-order valence-electron chi connectivity index (χ2n) is 7.12. The Morgan fingerprint density at radius 2 is 1.90 bits per heavy atom. The zero-order chi connectivity index (χ0) is 21.7. The van der Waals surface area contributed by atoms with Crippen molar-refractivity contribution in [3.05, 3.63) is 64.9 Å². The molecule has 3 N–H and O–H groups in total. The molecule has 0 saturated heterocycles. The quantitative estimate of drug-likeness (QED) is 0.577. The van der Waals surface area contributed by atoms with Crippen molar-refractivity contribution in [2.45, 2.75) is 33.2 Å². The van der Waals surface area contributed by atoms with Crippen LogP contribution in [0.4, 0.5) is 5.69 Å². The summed E-state index contributed by atoms with van der Waals surface area (Å²) < 4.78 is 11.5. The summed E-state index contributed by atoms with van der Waals surface area (Å²) in [5.74, 6) is 1.01. The summed E-state index contributed by atoms with van der Waals surface area (Å²) in [4.78, 5) is 13.3. The Kier molecular flexibility index (Phi) is 6.95. The van der Waals surface area contributed by atoms with Gasteiger partial charge in [-0.3, -0.25) is 4.79 Å². The SMILES string of the molecule is CCCOc1c(OC)cccc1[C@@H]1NC(=S)NC(C)=C1C(=O)Nc1ccc(C)cc1. The number of benzene rings is 2. The van der Waals surface area contributed by atoms with E-state index in [4.69, 9.17) is 21.7 Å². The largest absolute Gasteiger partial charge is 0.493 e. The Labute approximate surface area is 182 Å². The first-order chi connectivity index (χ1) is 14.4. The number of nitrogens with one attached hydrogen (secondary N) is 3. The van der Waals surface area contributed by atoms with Crippen molar-refractivity contribution in [3.63, 3.8) is 0 Å². The van der Waals surface area contributed by atoms with Crippen molar-refractivity contribution in [2.24, 2.45) is 0 Å². The number of rotatable bonds is 7. The maximum atomic E-state index is 13.3. The predicted molar refractivity (Wildman–Crippen MR) is 123 cm³/mol. The van der Waals surface area contributed by atoms with Gasteiger partial charge < -0.3 is 25.4 Å². The van der Waals surface area contributed by atoms with Gasteiger partial charge in [0.05, 0.1) is 25.3 Å². The maximum absolute atomic E-state index is 13.3. The van der Waals surface area contributed by atoms with Crippen LogP contribution in [0.3, 0.4) is 0 Å². The van der Waals surface area contributed by atoms with Gasteiger partial charge in [0.25, 0.3) is 5.91 Å². The Bertz CT molecular complexity index is 970. The molecule has 1 aliphatic heterocycles. The summed E-state index contributed by atoms with van der Waals surface area (Å²) in [5.41, 5.74) is 3.88. The summed E-state index contributed by atoms with van der Waals surface area (Å²) in [6.07, 6.45) is 0.852. The molecule has 6 nitrogen and oxygen atoms in total. The standard InChI is InChI=1S/C23H27N3O3S/c1-5-13-29-21-17(7-6-8-18(21)28-4)20-19(15(3)24-23(30)26-20)22(27)25-16-11-9-14(2)10-12-16/h6-12,20H,5,13H2,1-4H3,(H,25,27)(H2,24,26,30)/t20-/m0/s1. The van der Waals surface area contributed by atoms with Crippen molar-refractivity contribution in [2.75, 3.05) is 19.0 Å². The fourth-order valence-corrected chi connectivity index (χ4v) is 3.61. The number of carbonyl (C=O) groups is 1. The highest BCUT2D eigenvalue weighted by molar-refractivity contribution is 7.80. The van der Waals surface area contributed by atoms with Gasteiger partial charge in [-0.15, -0.1) is 0 Å². The minimum atomic E-state index is -0.480. The minimum absolute atomic E-state index is 0.215. The zero-order valence-corrected chi connectivity index (χ0v) is 18.5. The molecule has 7 heteroatoms. The van der Waals surface area contributed by atoms with Crippen LogP contribution in [0.1, 0.15) is 37.4 Å². The van der Waals surface area contributed by atoms with Crippen molar-refractivity contribution in [3.8, 4) is 11.5 Å². The second kappa shape index (κ2) is 9.63. The Balaban J connectivity index is 2.01. The Hall–Kier alpha value is -3.06. The lowest BCUT2D eigenvalue weighted by molar-refractivity contribution is -0.113. The molecule has 1 aliphatic rings. The fraction of sp³-hybridized carbons (Fsp3) is 0.304. The van der Waals surface area contributed by atoms with Crippen LogP contribution in [0.2, 0.25) is 0 Å². The molecule has 1 heterocycles. The molecular weight excluding hydrogens is 398 g/mol. The number of amides is 1. The van der Waals surface area contributed by atoms with Crippen LogP contribution in [0.25, 0.3) is 0 Å². The molecule has 0 aliphatic carbocycles. The van der Waals surface area contributed by atoms with E-state index in [0.29, 0.717) is 34.5 Å². The third-order valence-electron chi connectivity index (χ3n) is 4.81. The minimum Gasteiger partial charge on any atom is -0.493 e. The molecule has 0 radical (unpaired) electrons. The molecule has 158 valence electrons. The van der Waals surface area contributed by atoms with E-state index >= 15 is 0 Å². The van der Waals surface area contributed by atoms with Crippen molar-refractivity contribution in [1.82, 2.24) is 10.6 Å². The van der Waals surface area contributed by atoms with Crippen molar-refractivity contribution in [1.29, 1.82) is 0 Å². The van der Waals surface area contributed by atoms with Crippen LogP contribution in [0.15, 0.2) is 53.7 Å². The van der Waals surface area contributed by atoms with Gasteiger partial charge in [0.15, 0.2) is 16.6 Å². The second-order valence-corrected chi connectivity index (χ2v) is 7.53. The number of allylic oxidation sites excluding steroid dienone is 1. The van der Waals surface area contributed by atoms with Gasteiger partial charge in [-0.2, -0.15) is 0 Å². The average Bonchev–Trinajstić information content (AvgIpc) is 2.72. The number of methoxy groups -OCH3 is 1. The third kappa shape index (κ3) is 4.74. The number of hydrogen-bond donors (Lipinski definition) is 3. The topological polar surface area (TPSA) is 71.6 Å². The number of anilines is 1. The molecule has 1 amide bonds. The number of para-hydroxylation sites is 1. The summed E-state index contributed by atoms with van der Waals surface area (Å²) in [6.45, 7) is 6.43. The molecule has 0 aromatic heterocycles. The van der Waals surface area contributed by atoms with Crippen LogP contribution in [0.5, 0.6) is 11.5 Å². The molecule has 0 fully saturated rings. The highest BCUT2D eigenvalue weighted by atomic mass is 32.1. The van der Waals surface area contributed by atoms with E-state index in [2.05, 4.69) is 16.0 Å². The van der Waals surface area contributed by atoms with E-state index in [9.17, 15) is 4.79 Å². The number of thiocarbonyl (C=S) groups is 1. The molecule has 2 aromatic rings. The van der Waals surface area contributed by atoms with E-state index in [1.165, 1.54) is 0 Å². The van der Waals surface area contributed by atoms with Gasteiger partial charge in [-0.1, -0.05) is 36.8 Å². The maximum Gasteiger partial charge on any atom is 0.255 e. The normalized spacial score (nSPS) is 15.9. The van der Waals surface area contributed by atoms with Crippen molar-refractivity contribution >= 4 is 28.9 Å². The van der Waals surface area contributed by atoms with Gasteiger partial charge in [-0.05, 0) is 50.7 Å². The number of hydrogen-bond acceptors (Lipinski definition) is 4. The lowest BCUT2D eigenvalue weighted by atomic mass is 9.93. The smallest absolute Gasteiger partial charge is 0.255 e. The zero-order valence-electron chi connectivity index (χ0n) is 17.7. The molecule has 0 unspecified atom stereocenters. The summed E-state index contributed by atoms with van der Waals surface area (Å²) in [7, 11) is 1.60. The molecule has 2 aromatic carbocycles. The van der Waals surface area contributed by atoms with E-state index in [-0.39, 0.29) is 5.91 Å². The van der Waals surface area contributed by atoms with E-state index in [1.807, 2.05) is 63.2 Å². The van der Waals surface area contributed by atoms with E-state index in [0.717, 1.165) is 23.2 Å². The van der Waals surface area contributed by atoms with Gasteiger partial charge in [0, 0.05) is 16.9 Å². The molecule has 3 rings (SSSR count). The van der Waals surface area contributed by atoms with Crippen LogP contribution >= 0.6 is 12.2 Å². The van der Waals surface area contributed by atoms with E-state index < -0.39 is 6.04 Å². The number of ether oxygens (including phenoxy) is 2. The summed E-state index contributed by atoms with van der Waals surface area (Å²) >= 11 is 5.38. The van der Waals surface area contributed by atoms with Crippen LogP contribution in [-0.2, 0) is 4.79 Å². The molecule has 0 spiro atoms. The molecule has 30 heavy (non-hydrogen) atoms. The van der Waals surface area contributed by atoms with Gasteiger partial charge in [0.1, 0.15) is 0 Å². The van der Waals surface area contributed by atoms with Crippen LogP contribution in [-0.4, -0.2) is 24.7 Å². The highest BCUT2D eigenvalue weighted by Gasteiger charge is 2.32. The van der Waals surface area contributed by atoms with Gasteiger partial charge in [-0.25, -0.2) is 0 Å². The first kappa shape index (κ1) is 21.6. The highest BCUT2D eigenvalue weighted by Crippen LogP contribution is 2.39. The Morgan fingerprint density at radius 1 is 1.17 bits per heavy atom. The van der Waals surface area contributed by atoms with E-state index in [1.54, 1.807) is 7.11 Å². The lowest BCUT2D eigenvalue weighted by Crippen LogP contribution is -2.45. The fourth-order valence-electron chi connectivity index (χ4n) is 3.34. The predicted octanol–water partition coefficient (Wildman–Crippen LogP) is 4.22. The van der Waals surface area contributed by atoms with Gasteiger partial charge in [0.2, 0.25) is 0 Å². The molecular formula is C23H27N3O3S. The molecule has 0 bridgehead atoms. The molecule has 1 atom stereocenters. The number of aryl methyl sites for hydroxylation is 1. The molecule has 0 saturated carbocycles. The first-order valence-electron chi connectivity index (χ1n) is 9.90. The van der Waals surface area contributed by atoms with Crippen LogP contribution in [0, 0.1) is 6.92 Å². The van der Waals surface area contributed by atoms with Crippen LogP contribution < -0.4 is 25.4 Å². The third-order valence-corrected chi connectivity index (χ3v) is 5.03. The van der Waals surface area contributed by atoms with Gasteiger partial charge >= 0.3 is 0 Å². The number of carbonyl (C=O) groups excluding carboxylic acids is 1. The summed E-state index contributed by atoms with van der Waals surface area (Å²) in [6, 6.07) is 12.8. The average molecular weight is 426 g/mol.